The van der Waals surface area contributed by atoms with E-state index >= 15 is 0 Å². The third-order valence-electron chi connectivity index (χ3n) is 4.01. The molecule has 0 heterocycles. The van der Waals surface area contributed by atoms with Gasteiger partial charge in [0.25, 0.3) is 0 Å². The fraction of sp³-hybridized carbons (Fsp3) is 0.409. The maximum atomic E-state index is 12.9. The molecule has 0 aliphatic heterocycles. The van der Waals surface area contributed by atoms with Crippen molar-refractivity contribution in [2.24, 2.45) is 5.92 Å². The van der Waals surface area contributed by atoms with Crippen molar-refractivity contribution < 1.29 is 14.6 Å². The van der Waals surface area contributed by atoms with E-state index in [4.69, 9.17) is 4.74 Å². The van der Waals surface area contributed by atoms with Crippen molar-refractivity contribution in [3.63, 3.8) is 0 Å². The molecular formula is C22H28O3Se. The quantitative estimate of drug-likeness (QED) is 0.572. The number of benzene rings is 2. The second-order valence-electron chi connectivity index (χ2n) is 7.55. The summed E-state index contributed by atoms with van der Waals surface area (Å²) in [6, 6.07) is 17.8. The average Bonchev–Trinajstić information content (AvgIpc) is 2.54. The number of aliphatic hydroxyl groups excluding tert-OH is 1. The Balaban J connectivity index is 2.28. The molecule has 3 nitrogen and oxygen atoms in total. The minimum atomic E-state index is -0.883. The molecule has 4 heteroatoms. The Labute approximate surface area is 162 Å². The Hall–Kier alpha value is -1.61. The van der Waals surface area contributed by atoms with Gasteiger partial charge < -0.3 is 0 Å². The van der Waals surface area contributed by atoms with Gasteiger partial charge in [-0.15, -0.1) is 0 Å². The van der Waals surface area contributed by atoms with Crippen molar-refractivity contribution in [3.05, 3.63) is 65.7 Å². The van der Waals surface area contributed by atoms with Gasteiger partial charge in [-0.3, -0.25) is 0 Å². The second kappa shape index (κ2) is 8.85. The Morgan fingerprint density at radius 3 is 2.15 bits per heavy atom. The van der Waals surface area contributed by atoms with Gasteiger partial charge in [-0.1, -0.05) is 0 Å². The predicted molar refractivity (Wildman–Crippen MR) is 107 cm³/mol. The molecule has 0 bridgehead atoms. The topological polar surface area (TPSA) is 46.5 Å². The first-order chi connectivity index (χ1) is 12.2. The van der Waals surface area contributed by atoms with Gasteiger partial charge >= 0.3 is 163 Å². The molecule has 26 heavy (non-hydrogen) atoms. The predicted octanol–water partition coefficient (Wildman–Crippen LogP) is 3.82. The van der Waals surface area contributed by atoms with Crippen LogP contribution in [0.25, 0.3) is 0 Å². The van der Waals surface area contributed by atoms with E-state index in [2.05, 4.69) is 12.1 Å². The molecule has 0 aliphatic carbocycles. The Kier molecular flexibility index (Phi) is 7.05. The van der Waals surface area contributed by atoms with E-state index in [-0.39, 0.29) is 25.7 Å². The fourth-order valence-electron chi connectivity index (χ4n) is 2.71. The minimum absolute atomic E-state index is 0.00365. The molecule has 2 aromatic carbocycles. The van der Waals surface area contributed by atoms with Crippen LogP contribution in [0, 0.1) is 12.8 Å². The second-order valence-corrected chi connectivity index (χ2v) is 10.6. The fourth-order valence-corrected chi connectivity index (χ4v) is 5.12. The van der Waals surface area contributed by atoms with Crippen LogP contribution in [0.15, 0.2) is 54.6 Å². The number of carbonyl (C=O) groups is 1. The van der Waals surface area contributed by atoms with Gasteiger partial charge in [0, 0.05) is 0 Å². The molecule has 0 aromatic heterocycles. The van der Waals surface area contributed by atoms with Gasteiger partial charge in [0.2, 0.25) is 0 Å². The number of esters is 1. The van der Waals surface area contributed by atoms with E-state index < -0.39 is 17.6 Å². The number of aryl methyl sites for hydroxylation is 1. The standard InChI is InChI=1S/C22H28O3Se/c1-15-11-13-17(14-12-15)20(23)19(21(24)25-22(3,4)5)16(2)26-18-9-7-6-8-10-18/h6-14,16,19-20,23H,1-5H3/t16-,19-,20-/m0/s1. The molecule has 0 unspecified atom stereocenters. The first kappa shape index (κ1) is 20.7. The number of hydrogen-bond acceptors (Lipinski definition) is 3. The van der Waals surface area contributed by atoms with Gasteiger partial charge in [-0.2, -0.15) is 0 Å². The monoisotopic (exact) mass is 420 g/mol. The zero-order valence-electron chi connectivity index (χ0n) is 16.1. The van der Waals surface area contributed by atoms with Crippen molar-refractivity contribution in [2.75, 3.05) is 0 Å². The van der Waals surface area contributed by atoms with Crippen LogP contribution in [0.3, 0.4) is 0 Å². The van der Waals surface area contributed by atoms with Gasteiger partial charge in [-0.25, -0.2) is 0 Å². The zero-order chi connectivity index (χ0) is 19.3. The molecule has 0 saturated carbocycles. The molecule has 2 rings (SSSR count). The van der Waals surface area contributed by atoms with Crippen LogP contribution in [0.2, 0.25) is 4.82 Å². The molecule has 1 N–H and O–H groups in total. The first-order valence-corrected chi connectivity index (χ1v) is 10.7. The molecule has 140 valence electrons. The van der Waals surface area contributed by atoms with E-state index in [0.717, 1.165) is 11.1 Å². The van der Waals surface area contributed by atoms with Gasteiger partial charge in [0.05, 0.1) is 0 Å². The van der Waals surface area contributed by atoms with E-state index in [0.29, 0.717) is 0 Å². The Bertz CT molecular complexity index is 704. The number of ether oxygens (including phenoxy) is 1. The molecule has 0 radical (unpaired) electrons. The molecule has 0 aliphatic rings. The summed E-state index contributed by atoms with van der Waals surface area (Å²) in [5.41, 5.74) is 1.29. The summed E-state index contributed by atoms with van der Waals surface area (Å²) in [5.74, 6) is -0.937. The maximum absolute atomic E-state index is 12.9. The summed E-state index contributed by atoms with van der Waals surface area (Å²) in [4.78, 5) is 12.9. The Morgan fingerprint density at radius 2 is 1.62 bits per heavy atom. The molecular weight excluding hydrogens is 391 g/mol. The molecule has 0 spiro atoms. The van der Waals surface area contributed by atoms with Crippen LogP contribution in [0.1, 0.15) is 44.9 Å². The van der Waals surface area contributed by atoms with Crippen molar-refractivity contribution >= 4 is 25.4 Å². The van der Waals surface area contributed by atoms with Gasteiger partial charge in [0.1, 0.15) is 0 Å². The zero-order valence-corrected chi connectivity index (χ0v) is 17.8. The van der Waals surface area contributed by atoms with Crippen molar-refractivity contribution in [3.8, 4) is 0 Å². The normalized spacial score (nSPS) is 15.2. The van der Waals surface area contributed by atoms with Crippen LogP contribution < -0.4 is 4.46 Å². The molecule has 0 fully saturated rings. The third kappa shape index (κ3) is 5.98. The van der Waals surface area contributed by atoms with Crippen LogP contribution in [0.4, 0.5) is 0 Å². The summed E-state index contributed by atoms with van der Waals surface area (Å²) in [6.45, 7) is 9.59. The van der Waals surface area contributed by atoms with Crippen LogP contribution >= 0.6 is 0 Å². The van der Waals surface area contributed by atoms with E-state index in [1.54, 1.807) is 0 Å². The van der Waals surface area contributed by atoms with E-state index in [1.807, 2.05) is 77.1 Å². The number of rotatable bonds is 6. The molecule has 0 saturated heterocycles. The summed E-state index contributed by atoms with van der Waals surface area (Å²) in [7, 11) is 0. The van der Waals surface area contributed by atoms with Crippen molar-refractivity contribution in [2.45, 2.75) is 51.1 Å². The van der Waals surface area contributed by atoms with Crippen molar-refractivity contribution in [1.29, 1.82) is 0 Å². The molecule has 3 atom stereocenters. The SMILES string of the molecule is Cc1ccc([C@H](O)[C@@H](C(=O)OC(C)(C)C)[C@H](C)[Se]c2ccccc2)cc1. The molecule has 0 amide bonds. The first-order valence-electron chi connectivity index (χ1n) is 8.86. The summed E-state index contributed by atoms with van der Waals surface area (Å²) in [5, 5.41) is 11.0. The summed E-state index contributed by atoms with van der Waals surface area (Å²) < 4.78 is 6.84. The number of carbonyl (C=O) groups excluding carboxylic acids is 1. The van der Waals surface area contributed by atoms with Gasteiger partial charge in [-0.05, 0) is 0 Å². The van der Waals surface area contributed by atoms with Gasteiger partial charge in [0.15, 0.2) is 0 Å². The van der Waals surface area contributed by atoms with Crippen molar-refractivity contribution in [1.82, 2.24) is 0 Å². The van der Waals surface area contributed by atoms with Crippen LogP contribution in [-0.2, 0) is 9.53 Å². The third-order valence-corrected chi connectivity index (χ3v) is 6.55. The van der Waals surface area contributed by atoms with E-state index in [1.165, 1.54) is 4.46 Å². The summed E-state index contributed by atoms with van der Waals surface area (Å²) in [6.07, 6.45) is -0.883. The average molecular weight is 419 g/mol. The molecule has 2 aromatic rings. The van der Waals surface area contributed by atoms with Crippen LogP contribution in [0.5, 0.6) is 0 Å². The number of aliphatic hydroxyl groups is 1. The Morgan fingerprint density at radius 1 is 1.04 bits per heavy atom. The number of hydrogen-bond donors (Lipinski definition) is 1. The summed E-state index contributed by atoms with van der Waals surface area (Å²) >= 11 is 0.0501. The van der Waals surface area contributed by atoms with E-state index in [9.17, 15) is 9.90 Å². The van der Waals surface area contributed by atoms with Crippen LogP contribution in [-0.4, -0.2) is 31.6 Å².